The van der Waals surface area contributed by atoms with Gasteiger partial charge in [-0.25, -0.2) is 0 Å². The molecule has 0 saturated heterocycles. The van der Waals surface area contributed by atoms with Gasteiger partial charge in [0.2, 0.25) is 0 Å². The van der Waals surface area contributed by atoms with Crippen LogP contribution in [0.2, 0.25) is 0 Å². The Morgan fingerprint density at radius 3 is 1.43 bits per heavy atom. The van der Waals surface area contributed by atoms with Crippen molar-refractivity contribution in [3.8, 4) is 34.5 Å². The van der Waals surface area contributed by atoms with Gasteiger partial charge >= 0.3 is 0 Å². The predicted octanol–water partition coefficient (Wildman–Crippen LogP) is 5.35. The van der Waals surface area contributed by atoms with E-state index in [1.165, 1.54) is 0 Å². The third-order valence-corrected chi connectivity index (χ3v) is 5.73. The van der Waals surface area contributed by atoms with Gasteiger partial charge in [0.1, 0.15) is 41.3 Å². The van der Waals surface area contributed by atoms with Crippen LogP contribution in [-0.2, 0) is 14.9 Å². The van der Waals surface area contributed by atoms with E-state index in [2.05, 4.69) is 0 Å². The molecule has 3 aromatic carbocycles. The van der Waals surface area contributed by atoms with Crippen molar-refractivity contribution in [2.75, 3.05) is 20.5 Å². The van der Waals surface area contributed by atoms with Crippen molar-refractivity contribution in [2.24, 2.45) is 0 Å². The molecule has 0 spiro atoms. The molecule has 0 fully saturated rings. The van der Waals surface area contributed by atoms with Crippen LogP contribution >= 0.6 is 0 Å². The van der Waals surface area contributed by atoms with Crippen LogP contribution in [0.5, 0.6) is 34.5 Å². The van der Waals surface area contributed by atoms with E-state index in [0.717, 1.165) is 57.6 Å². The van der Waals surface area contributed by atoms with Crippen LogP contribution in [0.3, 0.4) is 0 Å². The lowest BCUT2D eigenvalue weighted by Crippen LogP contribution is -2.39. The lowest BCUT2D eigenvalue weighted by molar-refractivity contribution is -0.0343. The maximum Gasteiger partial charge on any atom is 0.146 e. The molecule has 0 N–H and O–H groups in total. The van der Waals surface area contributed by atoms with Crippen LogP contribution in [0.15, 0.2) is 54.6 Å². The van der Waals surface area contributed by atoms with E-state index in [0.29, 0.717) is 6.61 Å². The van der Waals surface area contributed by atoms with Crippen molar-refractivity contribution in [2.45, 2.75) is 11.8 Å². The van der Waals surface area contributed by atoms with Crippen LogP contribution < -0.4 is 14.2 Å². The summed E-state index contributed by atoms with van der Waals surface area (Å²) < 4.78 is 29.6. The van der Waals surface area contributed by atoms with Gasteiger partial charge in [-0.15, -0.1) is 0 Å². The average Bonchev–Trinajstić information content (AvgIpc) is 2.71. The molecule has 0 aliphatic carbocycles. The zero-order valence-electron chi connectivity index (χ0n) is 15.4. The molecule has 3 heterocycles. The molecule has 0 saturated carbocycles. The number of hydrogen-bond donors (Lipinski definition) is 0. The summed E-state index contributed by atoms with van der Waals surface area (Å²) in [5.41, 5.74) is 2.67. The highest BCUT2D eigenvalue weighted by Gasteiger charge is 2.54. The average molecular weight is 374 g/mol. The lowest BCUT2D eigenvalue weighted by atomic mass is 9.63. The Morgan fingerprint density at radius 2 is 1.07 bits per heavy atom. The third kappa shape index (κ3) is 1.92. The molecular weight excluding hydrogens is 356 g/mol. The van der Waals surface area contributed by atoms with Crippen LogP contribution in [0.1, 0.15) is 23.1 Å². The van der Waals surface area contributed by atoms with E-state index >= 15 is 0 Å². The first-order valence-corrected chi connectivity index (χ1v) is 9.33. The number of rotatable bonds is 5. The molecule has 140 valence electrons. The molecule has 3 aromatic rings. The van der Waals surface area contributed by atoms with Gasteiger partial charge in [0.05, 0.1) is 28.7 Å². The van der Waals surface area contributed by atoms with Gasteiger partial charge in [-0.2, -0.15) is 0 Å². The fourth-order valence-electron chi connectivity index (χ4n) is 4.78. The van der Waals surface area contributed by atoms with Gasteiger partial charge in [-0.3, -0.25) is 0 Å². The van der Waals surface area contributed by atoms with E-state index in [1.54, 1.807) is 7.11 Å². The van der Waals surface area contributed by atoms with E-state index in [9.17, 15) is 0 Å². The highest BCUT2D eigenvalue weighted by atomic mass is 16.7. The number of ether oxygens (including phenoxy) is 5. The Morgan fingerprint density at radius 1 is 0.679 bits per heavy atom. The summed E-state index contributed by atoms with van der Waals surface area (Å²) in [5.74, 6) is 4.90. The standard InChI is InChI=1S/C23H18O5/c1-24-13-25-12-11-23-20-14-5-2-6-15(20)27-17-8-4-10-19(22(17)23)28-18-9-3-7-16(26-14)21(18)23/h2-10H,11-13H2,1H3. The molecule has 28 heavy (non-hydrogen) atoms. The zero-order chi connectivity index (χ0) is 18.7. The maximum absolute atomic E-state index is 6.28. The Bertz CT molecular complexity index is 913. The van der Waals surface area contributed by atoms with Gasteiger partial charge < -0.3 is 23.7 Å². The molecule has 5 nitrogen and oxygen atoms in total. The van der Waals surface area contributed by atoms with Gasteiger partial charge in [-0.1, -0.05) is 18.2 Å². The minimum atomic E-state index is -0.452. The second-order valence-electron chi connectivity index (χ2n) is 7.16. The summed E-state index contributed by atoms with van der Waals surface area (Å²) in [6.07, 6.45) is 0.727. The molecule has 0 bridgehead atoms. The van der Waals surface area contributed by atoms with Crippen molar-refractivity contribution >= 4 is 0 Å². The summed E-state index contributed by atoms with van der Waals surface area (Å²) in [7, 11) is 1.63. The number of benzene rings is 3. The summed E-state index contributed by atoms with van der Waals surface area (Å²) in [6.45, 7) is 0.792. The van der Waals surface area contributed by atoms with Crippen molar-refractivity contribution in [1.29, 1.82) is 0 Å². The first-order chi connectivity index (χ1) is 13.8. The van der Waals surface area contributed by atoms with Crippen LogP contribution in [-0.4, -0.2) is 20.5 Å². The minimum Gasteiger partial charge on any atom is -0.456 e. The van der Waals surface area contributed by atoms with Gasteiger partial charge in [0, 0.05) is 7.11 Å². The van der Waals surface area contributed by atoms with Crippen molar-refractivity contribution in [3.63, 3.8) is 0 Å². The molecule has 0 radical (unpaired) electrons. The summed E-state index contributed by atoms with van der Waals surface area (Å²) >= 11 is 0. The quantitative estimate of drug-likeness (QED) is 0.348. The first kappa shape index (κ1) is 16.0. The molecular formula is C23H18O5. The number of methoxy groups -OCH3 is 1. The zero-order valence-corrected chi connectivity index (χ0v) is 15.4. The Labute approximate surface area is 162 Å². The van der Waals surface area contributed by atoms with Crippen LogP contribution in [0, 0.1) is 0 Å². The second-order valence-corrected chi connectivity index (χ2v) is 7.16. The SMILES string of the molecule is COCOCCC12c3c4cccc3Oc3cccc(c31)Oc1cccc(c12)O4. The van der Waals surface area contributed by atoms with Crippen molar-refractivity contribution in [3.05, 3.63) is 71.3 Å². The molecule has 0 atom stereocenters. The Balaban J connectivity index is 1.68. The molecule has 3 aliphatic heterocycles. The monoisotopic (exact) mass is 374 g/mol. The van der Waals surface area contributed by atoms with E-state index < -0.39 is 5.41 Å². The smallest absolute Gasteiger partial charge is 0.146 e. The Hall–Kier alpha value is -3.02. The highest BCUT2D eigenvalue weighted by Crippen LogP contribution is 2.67. The molecule has 0 amide bonds. The maximum atomic E-state index is 6.28. The molecule has 5 heteroatoms. The van der Waals surface area contributed by atoms with Gasteiger partial charge in [0.15, 0.2) is 0 Å². The number of hydrogen-bond acceptors (Lipinski definition) is 5. The third-order valence-electron chi connectivity index (χ3n) is 5.73. The van der Waals surface area contributed by atoms with Crippen molar-refractivity contribution < 1.29 is 23.7 Å². The fourth-order valence-corrected chi connectivity index (χ4v) is 4.78. The molecule has 6 rings (SSSR count). The largest absolute Gasteiger partial charge is 0.456 e. The van der Waals surface area contributed by atoms with Gasteiger partial charge in [-0.05, 0) is 42.8 Å². The second kappa shape index (κ2) is 5.74. The topological polar surface area (TPSA) is 46.2 Å². The highest BCUT2D eigenvalue weighted by molar-refractivity contribution is 5.78. The summed E-state index contributed by atoms with van der Waals surface area (Å²) in [6, 6.07) is 17.9. The van der Waals surface area contributed by atoms with Crippen LogP contribution in [0.4, 0.5) is 0 Å². The van der Waals surface area contributed by atoms with Gasteiger partial charge in [0.25, 0.3) is 0 Å². The Kier molecular flexibility index (Phi) is 3.27. The molecule has 0 aromatic heterocycles. The first-order valence-electron chi connectivity index (χ1n) is 9.33. The summed E-state index contributed by atoms with van der Waals surface area (Å²) in [5, 5.41) is 0. The predicted molar refractivity (Wildman–Crippen MR) is 102 cm³/mol. The fraction of sp³-hybridized carbons (Fsp3) is 0.217. The molecule has 0 unspecified atom stereocenters. The lowest BCUT2D eigenvalue weighted by Gasteiger charge is -2.47. The van der Waals surface area contributed by atoms with E-state index in [1.807, 2.05) is 54.6 Å². The summed E-state index contributed by atoms with van der Waals surface area (Å²) in [4.78, 5) is 0. The minimum absolute atomic E-state index is 0.261. The normalized spacial score (nSPS) is 15.8. The molecule has 3 aliphatic rings. The van der Waals surface area contributed by atoms with E-state index in [4.69, 9.17) is 23.7 Å². The van der Waals surface area contributed by atoms with Crippen LogP contribution in [0.25, 0.3) is 0 Å². The van der Waals surface area contributed by atoms with Crippen molar-refractivity contribution in [1.82, 2.24) is 0 Å². The van der Waals surface area contributed by atoms with E-state index in [-0.39, 0.29) is 6.79 Å².